The third-order valence-corrected chi connectivity index (χ3v) is 2.27. The summed E-state index contributed by atoms with van der Waals surface area (Å²) in [6, 6.07) is 0. The summed E-state index contributed by atoms with van der Waals surface area (Å²) in [7, 11) is -0.426. The van der Waals surface area contributed by atoms with Gasteiger partial charge in [0.1, 0.15) is 0 Å². The van der Waals surface area contributed by atoms with E-state index in [2.05, 4.69) is 6.58 Å². The molecule has 0 aromatic rings. The van der Waals surface area contributed by atoms with Crippen LogP contribution in [0, 0.1) is 0 Å². The van der Waals surface area contributed by atoms with E-state index in [1.54, 1.807) is 6.08 Å². The molecule has 0 aromatic heterocycles. The normalized spacial score (nSPS) is 11.5. The van der Waals surface area contributed by atoms with Crippen molar-refractivity contribution in [2.75, 3.05) is 12.8 Å². The topological polar surface area (TPSA) is 18.5 Å². The molecule has 0 saturated heterocycles. The molecule has 0 heterocycles. The first-order valence-electron chi connectivity index (χ1n) is 3.57. The number of ether oxygens (including phenoxy) is 1. The first-order chi connectivity index (χ1) is 4.77. The molecule has 0 unspecified atom stereocenters. The van der Waals surface area contributed by atoms with Gasteiger partial charge < -0.3 is 9.16 Å². The first-order valence-corrected chi connectivity index (χ1v) is 5.15. The molecule has 0 aliphatic carbocycles. The lowest BCUT2D eigenvalue weighted by atomic mass is 10.5. The minimum absolute atomic E-state index is 0.360. The van der Waals surface area contributed by atoms with Crippen LogP contribution in [0.4, 0.5) is 0 Å². The van der Waals surface area contributed by atoms with E-state index in [1.807, 2.05) is 13.8 Å². The fourth-order valence-electron chi connectivity index (χ4n) is 0.509. The second-order valence-corrected chi connectivity index (χ2v) is 3.43. The Morgan fingerprint density at radius 2 is 2.30 bits per heavy atom. The second kappa shape index (κ2) is 6.99. The molecule has 3 heteroatoms. The van der Waals surface area contributed by atoms with Crippen LogP contribution in [0.3, 0.4) is 0 Å². The summed E-state index contributed by atoms with van der Waals surface area (Å²) in [5.41, 5.74) is 0. The Morgan fingerprint density at radius 3 is 2.80 bits per heavy atom. The van der Waals surface area contributed by atoms with E-state index in [4.69, 9.17) is 9.16 Å². The zero-order valence-corrected chi connectivity index (χ0v) is 8.21. The van der Waals surface area contributed by atoms with Crippen molar-refractivity contribution in [2.24, 2.45) is 0 Å². The predicted molar refractivity (Wildman–Crippen MR) is 45.8 cm³/mol. The van der Waals surface area contributed by atoms with Gasteiger partial charge in [0, 0.05) is 6.10 Å². The highest BCUT2D eigenvalue weighted by Crippen LogP contribution is 1.84. The summed E-state index contributed by atoms with van der Waals surface area (Å²) in [6.07, 6.45) is 2.91. The first kappa shape index (κ1) is 9.88. The monoisotopic (exact) mass is 160 g/mol. The van der Waals surface area contributed by atoms with Crippen LogP contribution in [-0.4, -0.2) is 28.7 Å². The fraction of sp³-hybridized carbons (Fsp3) is 0.714. The third kappa shape index (κ3) is 7.88. The molecular formula is C7H16O2Si. The predicted octanol–water partition coefficient (Wildman–Crippen LogP) is 0.655. The molecule has 0 spiro atoms. The van der Waals surface area contributed by atoms with Crippen LogP contribution in [0.15, 0.2) is 12.7 Å². The maximum Gasteiger partial charge on any atom is 0.187 e. The fourth-order valence-corrected chi connectivity index (χ4v) is 1.36. The van der Waals surface area contributed by atoms with Gasteiger partial charge in [-0.15, -0.1) is 6.58 Å². The molecule has 0 aromatic carbocycles. The Hall–Kier alpha value is -0.123. The van der Waals surface area contributed by atoms with Gasteiger partial charge in [0.25, 0.3) is 0 Å². The Kier molecular flexibility index (Phi) is 6.90. The highest BCUT2D eigenvalue weighted by Gasteiger charge is 1.91. The number of hydrogen-bond acceptors (Lipinski definition) is 2. The van der Waals surface area contributed by atoms with E-state index in [9.17, 15) is 0 Å². The average Bonchev–Trinajstić information content (AvgIpc) is 1.87. The molecule has 0 radical (unpaired) electrons. The third-order valence-electron chi connectivity index (χ3n) is 0.915. The van der Waals surface area contributed by atoms with E-state index < -0.39 is 9.76 Å². The molecule has 2 nitrogen and oxygen atoms in total. The molecule has 0 N–H and O–H groups in total. The minimum Gasteiger partial charge on any atom is -0.419 e. The summed E-state index contributed by atoms with van der Waals surface area (Å²) in [5, 5.41) is 0. The Morgan fingerprint density at radius 1 is 1.60 bits per heavy atom. The van der Waals surface area contributed by atoms with Crippen LogP contribution >= 0.6 is 0 Å². The minimum atomic E-state index is -0.426. The lowest BCUT2D eigenvalue weighted by molar-refractivity contribution is 0.179. The number of rotatable bonds is 6. The van der Waals surface area contributed by atoms with Crippen LogP contribution in [0.2, 0.25) is 0 Å². The van der Waals surface area contributed by atoms with E-state index in [1.165, 1.54) is 0 Å². The quantitative estimate of drug-likeness (QED) is 0.323. The van der Waals surface area contributed by atoms with Crippen molar-refractivity contribution in [1.29, 1.82) is 0 Å². The highest BCUT2D eigenvalue weighted by atomic mass is 28.2. The van der Waals surface area contributed by atoms with E-state index >= 15 is 0 Å². The molecule has 0 aliphatic rings. The average molecular weight is 160 g/mol. The van der Waals surface area contributed by atoms with Crippen molar-refractivity contribution >= 4 is 9.76 Å². The summed E-state index contributed by atoms with van der Waals surface area (Å²) in [4.78, 5) is 0. The van der Waals surface area contributed by atoms with E-state index in [-0.39, 0.29) is 0 Å². The van der Waals surface area contributed by atoms with Gasteiger partial charge in [0.05, 0.1) is 12.8 Å². The number of hydrogen-bond donors (Lipinski definition) is 0. The molecule has 0 atom stereocenters. The standard InChI is InChI=1S/C7H16O2Si/c1-4-5-8-6-10-9-7(2)3/h4,7H,1,5-6,10H2,2-3H3. The van der Waals surface area contributed by atoms with Gasteiger partial charge in [-0.2, -0.15) is 0 Å². The Labute approximate surface area is 65.2 Å². The van der Waals surface area contributed by atoms with Crippen molar-refractivity contribution in [2.45, 2.75) is 20.0 Å². The lowest BCUT2D eigenvalue weighted by Gasteiger charge is -2.06. The van der Waals surface area contributed by atoms with Crippen LogP contribution in [0.5, 0.6) is 0 Å². The van der Waals surface area contributed by atoms with Crippen molar-refractivity contribution in [3.05, 3.63) is 12.7 Å². The van der Waals surface area contributed by atoms with Crippen LogP contribution in [0.1, 0.15) is 13.8 Å². The molecular weight excluding hydrogens is 144 g/mol. The molecule has 0 saturated carbocycles. The maximum atomic E-state index is 5.37. The molecule has 0 amide bonds. The summed E-state index contributed by atoms with van der Waals surface area (Å²) in [6.45, 7) is 8.27. The highest BCUT2D eigenvalue weighted by molar-refractivity contribution is 6.26. The second-order valence-electron chi connectivity index (χ2n) is 2.28. The smallest absolute Gasteiger partial charge is 0.187 e. The largest absolute Gasteiger partial charge is 0.419 e. The van der Waals surface area contributed by atoms with Gasteiger partial charge in [0.15, 0.2) is 9.76 Å². The van der Waals surface area contributed by atoms with Gasteiger partial charge in [-0.25, -0.2) is 0 Å². The lowest BCUT2D eigenvalue weighted by Crippen LogP contribution is -2.13. The van der Waals surface area contributed by atoms with Gasteiger partial charge in [0.2, 0.25) is 0 Å². The molecule has 60 valence electrons. The molecule has 0 bridgehead atoms. The van der Waals surface area contributed by atoms with Crippen LogP contribution in [0.25, 0.3) is 0 Å². The van der Waals surface area contributed by atoms with Crippen molar-refractivity contribution in [3.63, 3.8) is 0 Å². The summed E-state index contributed by atoms with van der Waals surface area (Å²) in [5.74, 6) is 0. The summed E-state index contributed by atoms with van der Waals surface area (Å²) >= 11 is 0. The van der Waals surface area contributed by atoms with Gasteiger partial charge in [-0.1, -0.05) is 6.08 Å². The Balaban J connectivity index is 2.83. The SMILES string of the molecule is C=CCOC[SiH2]OC(C)C. The van der Waals surface area contributed by atoms with Crippen LogP contribution < -0.4 is 0 Å². The summed E-state index contributed by atoms with van der Waals surface area (Å²) < 4.78 is 10.5. The zero-order chi connectivity index (χ0) is 7.82. The zero-order valence-electron chi connectivity index (χ0n) is 6.80. The molecule has 0 rings (SSSR count). The molecule has 0 fully saturated rings. The maximum absolute atomic E-state index is 5.37. The van der Waals surface area contributed by atoms with Gasteiger partial charge in [-0.05, 0) is 13.8 Å². The van der Waals surface area contributed by atoms with E-state index in [0.717, 1.165) is 6.23 Å². The van der Waals surface area contributed by atoms with Crippen LogP contribution in [-0.2, 0) is 9.16 Å². The van der Waals surface area contributed by atoms with Gasteiger partial charge >= 0.3 is 0 Å². The van der Waals surface area contributed by atoms with Crippen molar-refractivity contribution in [3.8, 4) is 0 Å². The van der Waals surface area contributed by atoms with Gasteiger partial charge in [-0.3, -0.25) is 0 Å². The van der Waals surface area contributed by atoms with E-state index in [0.29, 0.717) is 12.7 Å². The molecule has 0 aliphatic heterocycles. The van der Waals surface area contributed by atoms with Crippen molar-refractivity contribution < 1.29 is 9.16 Å². The Bertz CT molecular complexity index is 83.7. The van der Waals surface area contributed by atoms with Crippen molar-refractivity contribution in [1.82, 2.24) is 0 Å². The molecule has 10 heavy (non-hydrogen) atoms.